The largest absolute Gasteiger partial charge is 0.319 e. The van der Waals surface area contributed by atoms with Crippen LogP contribution in [0.4, 0.5) is 0 Å². The summed E-state index contributed by atoms with van der Waals surface area (Å²) in [5, 5.41) is 0. The van der Waals surface area contributed by atoms with Crippen molar-refractivity contribution in [2.45, 2.75) is 6.04 Å². The van der Waals surface area contributed by atoms with Crippen molar-refractivity contribution in [1.29, 1.82) is 0 Å². The molecule has 0 bridgehead atoms. The molecule has 0 aliphatic carbocycles. The Hall–Kier alpha value is -4.22. The molecule has 0 radical (unpaired) electrons. The van der Waals surface area contributed by atoms with Gasteiger partial charge in [-0.2, -0.15) is 0 Å². The first-order chi connectivity index (χ1) is 15.8. The Morgan fingerprint density at radius 2 is 1.31 bits per heavy atom. The smallest absolute Gasteiger partial charge is 0.160 e. The molecule has 1 unspecified atom stereocenters. The summed E-state index contributed by atoms with van der Waals surface area (Å²) in [4.78, 5) is 18.3. The lowest BCUT2D eigenvalue weighted by Crippen LogP contribution is -2.15. The summed E-state index contributed by atoms with van der Waals surface area (Å²) in [5.41, 5.74) is 13.0. The summed E-state index contributed by atoms with van der Waals surface area (Å²) in [5.74, 6) is 0.627. The van der Waals surface area contributed by atoms with Gasteiger partial charge in [-0.15, -0.1) is 0 Å². The van der Waals surface area contributed by atoms with E-state index in [1.807, 2.05) is 79.1 Å². The van der Waals surface area contributed by atoms with Gasteiger partial charge in [-0.05, 0) is 29.3 Å². The first-order valence-corrected chi connectivity index (χ1v) is 10.4. The molecule has 0 saturated carbocycles. The summed E-state index contributed by atoms with van der Waals surface area (Å²) >= 11 is 0. The number of nitrogens with zero attached hydrogens (tertiary/aromatic N) is 4. The lowest BCUT2D eigenvalue weighted by atomic mass is 10.0. The molecule has 0 saturated heterocycles. The van der Waals surface area contributed by atoms with E-state index in [0.717, 1.165) is 39.2 Å². The van der Waals surface area contributed by atoms with Crippen LogP contribution < -0.4 is 5.73 Å². The summed E-state index contributed by atoms with van der Waals surface area (Å²) in [6.07, 6.45) is 7.19. The van der Waals surface area contributed by atoms with Crippen LogP contribution in [0.1, 0.15) is 17.3 Å². The zero-order chi connectivity index (χ0) is 21.8. The number of hydrogen-bond acceptors (Lipinski definition) is 5. The molecular formula is C27H21N5. The summed E-state index contributed by atoms with van der Waals surface area (Å²) in [6, 6.07) is 27.6. The average Bonchev–Trinajstić information content (AvgIpc) is 2.89. The zero-order valence-corrected chi connectivity index (χ0v) is 17.3. The SMILES string of the molecule is NC(c1cccnc1)c1cc(-c2cncc(-c3ccccc3)c2)nc(-c2ccccc2)n1. The van der Waals surface area contributed by atoms with Gasteiger partial charge < -0.3 is 5.73 Å². The molecular weight excluding hydrogens is 394 g/mol. The van der Waals surface area contributed by atoms with Crippen LogP contribution in [0, 0.1) is 0 Å². The topological polar surface area (TPSA) is 77.6 Å². The van der Waals surface area contributed by atoms with Crippen molar-refractivity contribution in [1.82, 2.24) is 19.9 Å². The van der Waals surface area contributed by atoms with Crippen molar-refractivity contribution in [3.63, 3.8) is 0 Å². The molecule has 0 spiro atoms. The molecule has 0 amide bonds. The molecule has 5 nitrogen and oxygen atoms in total. The fraction of sp³-hybridized carbons (Fsp3) is 0.0370. The number of aromatic nitrogens is 4. The number of pyridine rings is 2. The third kappa shape index (κ3) is 4.15. The van der Waals surface area contributed by atoms with Gasteiger partial charge in [0.2, 0.25) is 0 Å². The second-order valence-electron chi connectivity index (χ2n) is 7.46. The monoisotopic (exact) mass is 415 g/mol. The van der Waals surface area contributed by atoms with Crippen LogP contribution in [0.3, 0.4) is 0 Å². The zero-order valence-electron chi connectivity index (χ0n) is 17.3. The van der Waals surface area contributed by atoms with Gasteiger partial charge in [-0.1, -0.05) is 66.7 Å². The van der Waals surface area contributed by atoms with E-state index in [4.69, 9.17) is 15.7 Å². The number of rotatable bonds is 5. The van der Waals surface area contributed by atoms with Crippen LogP contribution in [-0.4, -0.2) is 19.9 Å². The van der Waals surface area contributed by atoms with E-state index in [9.17, 15) is 0 Å². The van der Waals surface area contributed by atoms with Crippen molar-refractivity contribution in [2.75, 3.05) is 0 Å². The van der Waals surface area contributed by atoms with Crippen LogP contribution in [0.25, 0.3) is 33.8 Å². The second kappa shape index (κ2) is 8.88. The van der Waals surface area contributed by atoms with Crippen LogP contribution in [-0.2, 0) is 0 Å². The molecule has 0 fully saturated rings. The van der Waals surface area contributed by atoms with Gasteiger partial charge in [-0.25, -0.2) is 9.97 Å². The second-order valence-corrected chi connectivity index (χ2v) is 7.46. The minimum Gasteiger partial charge on any atom is -0.319 e. The molecule has 5 aromatic rings. The Bertz CT molecular complexity index is 1320. The van der Waals surface area contributed by atoms with Gasteiger partial charge in [0.05, 0.1) is 17.4 Å². The Labute approximate surface area is 186 Å². The summed E-state index contributed by atoms with van der Waals surface area (Å²) in [6.45, 7) is 0. The van der Waals surface area contributed by atoms with Crippen LogP contribution >= 0.6 is 0 Å². The standard InChI is InChI=1S/C27H21N5/c28-26(21-12-7-13-29-16-21)25-15-24(31-27(32-25)20-10-5-2-6-11-20)23-14-22(17-30-18-23)19-8-3-1-4-9-19/h1-18,26H,28H2. The number of nitrogens with two attached hydrogens (primary N) is 1. The van der Waals surface area contributed by atoms with E-state index in [1.54, 1.807) is 12.4 Å². The highest BCUT2D eigenvalue weighted by Crippen LogP contribution is 2.28. The van der Waals surface area contributed by atoms with E-state index in [0.29, 0.717) is 5.82 Å². The molecule has 32 heavy (non-hydrogen) atoms. The van der Waals surface area contributed by atoms with E-state index in [1.165, 1.54) is 0 Å². The van der Waals surface area contributed by atoms with Crippen LogP contribution in [0.5, 0.6) is 0 Å². The Morgan fingerprint density at radius 3 is 2.03 bits per heavy atom. The Morgan fingerprint density at radius 1 is 0.594 bits per heavy atom. The predicted octanol–water partition coefficient (Wildman–Crippen LogP) is 5.32. The molecule has 0 aliphatic rings. The first kappa shape index (κ1) is 19.7. The van der Waals surface area contributed by atoms with Gasteiger partial charge in [0, 0.05) is 41.5 Å². The van der Waals surface area contributed by atoms with Crippen LogP contribution in [0.15, 0.2) is 110 Å². The van der Waals surface area contributed by atoms with E-state index in [-0.39, 0.29) is 0 Å². The summed E-state index contributed by atoms with van der Waals surface area (Å²) in [7, 11) is 0. The van der Waals surface area contributed by atoms with Crippen molar-refractivity contribution in [3.8, 4) is 33.8 Å². The quantitative estimate of drug-likeness (QED) is 0.421. The van der Waals surface area contributed by atoms with Gasteiger partial charge >= 0.3 is 0 Å². The molecule has 154 valence electrons. The van der Waals surface area contributed by atoms with Gasteiger partial charge in [-0.3, -0.25) is 9.97 Å². The minimum atomic E-state index is -0.418. The lowest BCUT2D eigenvalue weighted by Gasteiger charge is -2.14. The third-order valence-electron chi connectivity index (χ3n) is 5.28. The maximum atomic E-state index is 6.59. The van der Waals surface area contributed by atoms with E-state index >= 15 is 0 Å². The predicted molar refractivity (Wildman–Crippen MR) is 126 cm³/mol. The molecule has 1 atom stereocenters. The number of benzene rings is 2. The van der Waals surface area contributed by atoms with E-state index < -0.39 is 6.04 Å². The lowest BCUT2D eigenvalue weighted by molar-refractivity contribution is 0.818. The van der Waals surface area contributed by atoms with Crippen LogP contribution in [0.2, 0.25) is 0 Å². The van der Waals surface area contributed by atoms with Crippen molar-refractivity contribution in [2.24, 2.45) is 5.73 Å². The molecule has 5 heteroatoms. The first-order valence-electron chi connectivity index (χ1n) is 10.4. The fourth-order valence-electron chi connectivity index (χ4n) is 3.59. The van der Waals surface area contributed by atoms with Crippen molar-refractivity contribution >= 4 is 0 Å². The van der Waals surface area contributed by atoms with Gasteiger partial charge in [0.25, 0.3) is 0 Å². The molecule has 2 N–H and O–H groups in total. The molecule has 3 aromatic heterocycles. The average molecular weight is 416 g/mol. The van der Waals surface area contributed by atoms with E-state index in [2.05, 4.69) is 28.2 Å². The third-order valence-corrected chi connectivity index (χ3v) is 5.28. The van der Waals surface area contributed by atoms with Gasteiger partial charge in [0.1, 0.15) is 0 Å². The molecule has 5 rings (SSSR count). The minimum absolute atomic E-state index is 0.418. The Balaban J connectivity index is 1.64. The maximum absolute atomic E-state index is 6.59. The molecule has 3 heterocycles. The fourth-order valence-corrected chi connectivity index (χ4v) is 3.59. The Kier molecular flexibility index (Phi) is 5.47. The highest BCUT2D eigenvalue weighted by molar-refractivity contribution is 5.71. The summed E-state index contributed by atoms with van der Waals surface area (Å²) < 4.78 is 0. The van der Waals surface area contributed by atoms with Gasteiger partial charge in [0.15, 0.2) is 5.82 Å². The maximum Gasteiger partial charge on any atom is 0.160 e. The van der Waals surface area contributed by atoms with Crippen molar-refractivity contribution in [3.05, 3.63) is 121 Å². The number of hydrogen-bond donors (Lipinski definition) is 1. The highest BCUT2D eigenvalue weighted by Gasteiger charge is 2.16. The normalized spacial score (nSPS) is 11.8. The van der Waals surface area contributed by atoms with Crippen molar-refractivity contribution < 1.29 is 0 Å². The molecule has 2 aromatic carbocycles. The molecule has 0 aliphatic heterocycles. The highest BCUT2D eigenvalue weighted by atomic mass is 14.9.